The van der Waals surface area contributed by atoms with Gasteiger partial charge in [0.1, 0.15) is 30.3 Å². The van der Waals surface area contributed by atoms with E-state index in [9.17, 15) is 22.8 Å². The molecule has 0 aromatic heterocycles. The SMILES string of the molecule is N[C@H](COc1cc(C(F)(F)F)ccc1C1CC(=O)c2cccc(Cl)c2O1)C(=O)O. The predicted octanol–water partition coefficient (Wildman–Crippen LogP) is 3.86. The number of Topliss-reactive ketones (excluding diaryl/α,β-unsaturated/α-hetero) is 1. The second-order valence-corrected chi connectivity index (χ2v) is 6.76. The first kappa shape index (κ1) is 20.9. The molecule has 1 aliphatic heterocycles. The fraction of sp³-hybridized carbons (Fsp3) is 0.263. The topological polar surface area (TPSA) is 98.9 Å². The lowest BCUT2D eigenvalue weighted by Crippen LogP contribution is -2.36. The summed E-state index contributed by atoms with van der Waals surface area (Å²) in [7, 11) is 0. The summed E-state index contributed by atoms with van der Waals surface area (Å²) in [6, 6.07) is 5.88. The number of benzene rings is 2. The van der Waals surface area contributed by atoms with Gasteiger partial charge < -0.3 is 20.3 Å². The molecule has 1 heterocycles. The normalized spacial score (nSPS) is 17.3. The largest absolute Gasteiger partial charge is 0.491 e. The number of para-hydroxylation sites is 1. The van der Waals surface area contributed by atoms with Crippen molar-refractivity contribution in [2.24, 2.45) is 5.73 Å². The van der Waals surface area contributed by atoms with Crippen LogP contribution in [0.15, 0.2) is 36.4 Å². The Kier molecular flexibility index (Phi) is 5.72. The molecule has 3 N–H and O–H groups in total. The second kappa shape index (κ2) is 7.92. The van der Waals surface area contributed by atoms with Crippen LogP contribution < -0.4 is 15.2 Å². The van der Waals surface area contributed by atoms with Crippen molar-refractivity contribution in [2.45, 2.75) is 24.7 Å². The molecule has 0 bridgehead atoms. The molecule has 2 atom stereocenters. The number of carboxylic acids is 1. The zero-order valence-corrected chi connectivity index (χ0v) is 15.5. The molecule has 154 valence electrons. The van der Waals surface area contributed by atoms with E-state index in [1.165, 1.54) is 12.1 Å². The Bertz CT molecular complexity index is 963. The number of ketones is 1. The van der Waals surface area contributed by atoms with Crippen molar-refractivity contribution < 1.29 is 37.3 Å². The van der Waals surface area contributed by atoms with Crippen molar-refractivity contribution in [1.29, 1.82) is 0 Å². The Morgan fingerprint density at radius 2 is 2.07 bits per heavy atom. The van der Waals surface area contributed by atoms with Crippen molar-refractivity contribution >= 4 is 23.4 Å². The first-order valence-electron chi connectivity index (χ1n) is 8.38. The summed E-state index contributed by atoms with van der Waals surface area (Å²) >= 11 is 6.08. The average Bonchev–Trinajstić information content (AvgIpc) is 2.65. The molecule has 2 aromatic carbocycles. The van der Waals surface area contributed by atoms with Crippen LogP contribution in [0.5, 0.6) is 11.5 Å². The van der Waals surface area contributed by atoms with Crippen LogP contribution >= 0.6 is 11.6 Å². The summed E-state index contributed by atoms with van der Waals surface area (Å²) in [6.07, 6.45) is -5.77. The van der Waals surface area contributed by atoms with Gasteiger partial charge in [0.2, 0.25) is 0 Å². The highest BCUT2D eigenvalue weighted by Crippen LogP contribution is 2.43. The van der Waals surface area contributed by atoms with E-state index in [1.807, 2.05) is 0 Å². The summed E-state index contributed by atoms with van der Waals surface area (Å²) in [5.74, 6) is -1.82. The zero-order chi connectivity index (χ0) is 21.3. The molecule has 6 nitrogen and oxygen atoms in total. The minimum Gasteiger partial charge on any atom is -0.491 e. The Morgan fingerprint density at radius 3 is 2.72 bits per heavy atom. The van der Waals surface area contributed by atoms with E-state index in [4.69, 9.17) is 31.9 Å². The van der Waals surface area contributed by atoms with Gasteiger partial charge in [0.15, 0.2) is 5.78 Å². The van der Waals surface area contributed by atoms with Crippen LogP contribution in [-0.2, 0) is 11.0 Å². The molecule has 0 fully saturated rings. The average molecular weight is 430 g/mol. The van der Waals surface area contributed by atoms with Crippen LogP contribution in [0.25, 0.3) is 0 Å². The third-order valence-electron chi connectivity index (χ3n) is 4.32. The third kappa shape index (κ3) is 4.46. The van der Waals surface area contributed by atoms with Crippen LogP contribution in [0.1, 0.15) is 34.0 Å². The van der Waals surface area contributed by atoms with Gasteiger partial charge in [0, 0.05) is 5.56 Å². The lowest BCUT2D eigenvalue weighted by Gasteiger charge is -2.28. The van der Waals surface area contributed by atoms with Gasteiger partial charge in [-0.1, -0.05) is 23.7 Å². The summed E-state index contributed by atoms with van der Waals surface area (Å²) in [5, 5.41) is 9.05. The third-order valence-corrected chi connectivity index (χ3v) is 4.62. The Hall–Kier alpha value is -2.78. The van der Waals surface area contributed by atoms with Crippen molar-refractivity contribution in [2.75, 3.05) is 6.61 Å². The van der Waals surface area contributed by atoms with Gasteiger partial charge in [0.25, 0.3) is 0 Å². The highest BCUT2D eigenvalue weighted by molar-refractivity contribution is 6.32. The van der Waals surface area contributed by atoms with Crippen LogP contribution in [0.4, 0.5) is 13.2 Å². The minimum absolute atomic E-state index is 0.128. The number of aliphatic carboxylic acids is 1. The number of halogens is 4. The molecule has 3 rings (SSSR count). The van der Waals surface area contributed by atoms with E-state index >= 15 is 0 Å². The maximum atomic E-state index is 13.1. The van der Waals surface area contributed by atoms with Crippen LogP contribution in [0, 0.1) is 0 Å². The number of hydrogen-bond acceptors (Lipinski definition) is 5. The number of nitrogens with two attached hydrogens (primary N) is 1. The molecule has 1 unspecified atom stereocenters. The number of hydrogen-bond donors (Lipinski definition) is 2. The predicted molar refractivity (Wildman–Crippen MR) is 96.3 cm³/mol. The molecule has 0 saturated carbocycles. The summed E-state index contributed by atoms with van der Waals surface area (Å²) in [5.41, 5.74) is 4.79. The lowest BCUT2D eigenvalue weighted by atomic mass is 9.95. The molecule has 0 aliphatic carbocycles. The summed E-state index contributed by atoms with van der Waals surface area (Å²) in [4.78, 5) is 23.3. The van der Waals surface area contributed by atoms with E-state index in [0.29, 0.717) is 0 Å². The number of carbonyl (C=O) groups excluding carboxylic acids is 1. The molecule has 0 spiro atoms. The highest BCUT2D eigenvalue weighted by atomic mass is 35.5. The number of carbonyl (C=O) groups is 2. The second-order valence-electron chi connectivity index (χ2n) is 6.36. The van der Waals surface area contributed by atoms with E-state index in [-0.39, 0.29) is 39.9 Å². The standard InChI is InChI=1S/C19H15ClF3NO5/c20-12-3-1-2-10-14(25)7-16(29-17(10)12)11-5-4-9(19(21,22)23)6-15(11)28-8-13(24)18(26)27/h1-6,13,16H,7-8,24H2,(H,26,27)/t13-,16?/m1/s1. The first-order valence-corrected chi connectivity index (χ1v) is 8.76. The minimum atomic E-state index is -4.65. The van der Waals surface area contributed by atoms with Crippen molar-refractivity contribution in [1.82, 2.24) is 0 Å². The van der Waals surface area contributed by atoms with Gasteiger partial charge in [-0.05, 0) is 24.3 Å². The van der Waals surface area contributed by atoms with E-state index in [1.54, 1.807) is 6.07 Å². The fourth-order valence-corrected chi connectivity index (χ4v) is 3.06. The molecule has 2 aromatic rings. The Labute approximate surface area is 168 Å². The quantitative estimate of drug-likeness (QED) is 0.749. The number of rotatable bonds is 5. The van der Waals surface area contributed by atoms with Gasteiger partial charge in [-0.15, -0.1) is 0 Å². The van der Waals surface area contributed by atoms with Gasteiger partial charge in [-0.2, -0.15) is 13.2 Å². The van der Waals surface area contributed by atoms with E-state index < -0.39 is 36.5 Å². The zero-order valence-electron chi connectivity index (χ0n) is 14.7. The van der Waals surface area contributed by atoms with Gasteiger partial charge in [-0.3, -0.25) is 9.59 Å². The summed E-state index contributed by atoms with van der Waals surface area (Å²) in [6.45, 7) is -0.568. The van der Waals surface area contributed by atoms with Crippen LogP contribution in [0.2, 0.25) is 5.02 Å². The smallest absolute Gasteiger partial charge is 0.416 e. The maximum absolute atomic E-state index is 13.1. The molecule has 29 heavy (non-hydrogen) atoms. The Balaban J connectivity index is 1.98. The van der Waals surface area contributed by atoms with Crippen LogP contribution in [-0.4, -0.2) is 29.5 Å². The monoisotopic (exact) mass is 429 g/mol. The lowest BCUT2D eigenvalue weighted by molar-refractivity contribution is -0.140. The number of alkyl halides is 3. The van der Waals surface area contributed by atoms with Crippen LogP contribution in [0.3, 0.4) is 0 Å². The number of ether oxygens (including phenoxy) is 2. The fourth-order valence-electron chi connectivity index (χ4n) is 2.84. The molecule has 0 amide bonds. The molecule has 0 saturated heterocycles. The first-order chi connectivity index (χ1) is 13.6. The molecular formula is C19H15ClF3NO5. The summed E-state index contributed by atoms with van der Waals surface area (Å²) < 4.78 is 50.4. The van der Waals surface area contributed by atoms with E-state index in [0.717, 1.165) is 18.2 Å². The van der Waals surface area contributed by atoms with Gasteiger partial charge in [0.05, 0.1) is 22.6 Å². The number of carboxylic acid groups (broad SMARTS) is 1. The Morgan fingerprint density at radius 1 is 1.34 bits per heavy atom. The molecule has 1 aliphatic rings. The van der Waals surface area contributed by atoms with Gasteiger partial charge in [-0.25, -0.2) is 0 Å². The van der Waals surface area contributed by atoms with E-state index in [2.05, 4.69) is 0 Å². The molecular weight excluding hydrogens is 415 g/mol. The van der Waals surface area contributed by atoms with Crippen molar-refractivity contribution in [3.05, 3.63) is 58.1 Å². The maximum Gasteiger partial charge on any atom is 0.416 e. The molecule has 10 heteroatoms. The highest BCUT2D eigenvalue weighted by Gasteiger charge is 2.35. The number of fused-ring (bicyclic) bond motifs is 1. The molecule has 0 radical (unpaired) electrons. The van der Waals surface area contributed by atoms with Crippen molar-refractivity contribution in [3.63, 3.8) is 0 Å². The van der Waals surface area contributed by atoms with Crippen molar-refractivity contribution in [3.8, 4) is 11.5 Å². The van der Waals surface area contributed by atoms with Gasteiger partial charge >= 0.3 is 12.1 Å².